The van der Waals surface area contributed by atoms with Crippen LogP contribution in [0.3, 0.4) is 0 Å². The second-order valence-corrected chi connectivity index (χ2v) is 19.8. The Kier molecular flexibility index (Phi) is 7.79. The molecule has 0 aromatic rings. The molecule has 10 heteroatoms. The molecule has 4 fully saturated rings. The molecule has 6 aliphatic carbocycles. The summed E-state index contributed by atoms with van der Waals surface area (Å²) in [5.74, 6) is 3.07. The van der Waals surface area contributed by atoms with Crippen molar-refractivity contribution in [3.8, 4) is 0 Å². The molecule has 4 saturated carbocycles. The van der Waals surface area contributed by atoms with E-state index in [-0.39, 0.29) is 10.9 Å². The van der Waals surface area contributed by atoms with Gasteiger partial charge in [0.25, 0.3) is 0 Å². The minimum atomic E-state index is 0.130. The van der Waals surface area contributed by atoms with Crippen LogP contribution in [0, 0.1) is 41.8 Å². The fourth-order valence-electron chi connectivity index (χ4n) is 9.59. The molecule has 0 bridgehead atoms. The van der Waals surface area contributed by atoms with Gasteiger partial charge >= 0.3 is 0 Å². The maximum Gasteiger partial charge on any atom is 0.212 e. The number of hydrogen-bond donors (Lipinski definition) is 0. The van der Waals surface area contributed by atoms with Gasteiger partial charge in [0.1, 0.15) is 0 Å². The Labute approximate surface area is 282 Å². The first-order valence-corrected chi connectivity index (χ1v) is 22.4. The van der Waals surface area contributed by atoms with Crippen molar-refractivity contribution in [2.45, 2.75) is 119 Å². The van der Waals surface area contributed by atoms with E-state index in [1.807, 2.05) is 36.0 Å². The van der Waals surface area contributed by atoms with E-state index in [9.17, 15) is 9.59 Å². The molecule has 0 aromatic heterocycles. The minimum Gasteiger partial charge on any atom is -0.287 e. The van der Waals surface area contributed by atoms with E-state index in [0.717, 1.165) is 73.1 Å². The molecule has 0 amide bonds. The summed E-state index contributed by atoms with van der Waals surface area (Å²) in [5, 5.41) is 2.95. The zero-order valence-corrected chi connectivity index (χ0v) is 30.2. The molecule has 0 N–H and O–H groups in total. The van der Waals surface area contributed by atoms with Crippen LogP contribution in [0.2, 0.25) is 0 Å². The highest BCUT2D eigenvalue weighted by atomic mass is 32.2. The van der Waals surface area contributed by atoms with Crippen LogP contribution in [0.25, 0.3) is 0 Å². The van der Waals surface area contributed by atoms with Gasteiger partial charge in [0, 0.05) is 10.5 Å². The van der Waals surface area contributed by atoms with E-state index in [1.165, 1.54) is 86.9 Å². The van der Waals surface area contributed by atoms with Gasteiger partial charge in [-0.2, -0.15) is 0 Å². The summed E-state index contributed by atoms with van der Waals surface area (Å²) < 4.78 is 3.42. The Morgan fingerprint density at radius 2 is 1.00 bits per heavy atom. The number of nitrogens with zero attached hydrogens (tertiary/aromatic N) is 2. The molecule has 9 rings (SSSR count). The number of thioether (sulfide) groups is 4. The van der Waals surface area contributed by atoms with E-state index in [2.05, 4.69) is 0 Å². The van der Waals surface area contributed by atoms with Gasteiger partial charge < -0.3 is 0 Å². The fraction of sp³-hybridized carbons (Fsp3) is 0.647. The largest absolute Gasteiger partial charge is 0.287 e. The summed E-state index contributed by atoms with van der Waals surface area (Å²) in [6, 6.07) is 0.621. The first-order chi connectivity index (χ1) is 21.6. The lowest BCUT2D eigenvalue weighted by molar-refractivity contribution is 0.162. The maximum atomic E-state index is 14.3. The van der Waals surface area contributed by atoms with Gasteiger partial charge in [0.2, 0.25) is 10.9 Å². The quantitative estimate of drug-likeness (QED) is 0.258. The Morgan fingerprint density at radius 3 is 1.43 bits per heavy atom. The van der Waals surface area contributed by atoms with Crippen LogP contribution >= 0.6 is 69.7 Å². The van der Waals surface area contributed by atoms with E-state index in [4.69, 9.17) is 9.98 Å². The summed E-state index contributed by atoms with van der Waals surface area (Å²) in [7, 11) is 0. The van der Waals surface area contributed by atoms with Crippen molar-refractivity contribution < 1.29 is 0 Å². The van der Waals surface area contributed by atoms with Gasteiger partial charge in [-0.3, -0.25) is 19.6 Å². The smallest absolute Gasteiger partial charge is 0.212 e. The fourth-order valence-corrected chi connectivity index (χ4v) is 17.6. The van der Waals surface area contributed by atoms with Crippen molar-refractivity contribution in [1.82, 2.24) is 0 Å². The lowest BCUT2D eigenvalue weighted by Crippen LogP contribution is -2.45. The van der Waals surface area contributed by atoms with Crippen LogP contribution in [0.1, 0.15) is 77.0 Å². The molecule has 44 heavy (non-hydrogen) atoms. The molecule has 0 radical (unpaired) electrons. The number of rotatable bonds is 2. The van der Waals surface area contributed by atoms with Crippen LogP contribution in [0.4, 0.5) is 0 Å². The Balaban J connectivity index is 1.28. The van der Waals surface area contributed by atoms with E-state index in [0.29, 0.717) is 34.4 Å². The second-order valence-electron chi connectivity index (χ2n) is 13.7. The molecule has 8 atom stereocenters. The highest BCUT2D eigenvalue weighted by Gasteiger charge is 2.45. The highest BCUT2D eigenvalue weighted by Crippen LogP contribution is 2.51. The van der Waals surface area contributed by atoms with Crippen LogP contribution in [-0.4, -0.2) is 35.1 Å². The van der Waals surface area contributed by atoms with Crippen molar-refractivity contribution in [1.29, 1.82) is 0 Å². The van der Waals surface area contributed by atoms with Crippen molar-refractivity contribution in [2.75, 3.05) is 12.5 Å². The topological polar surface area (TPSA) is 58.9 Å². The SMILES string of the molecule is CSc1c2c(c3sc4c(=O)c(SC)c5c(c=4sc=3c1=O)=NC1CCC3CCCCC3C1S5)=NC1CCC3CCCCC3C1S2. The number of hydrogen-bond acceptors (Lipinski definition) is 10. The molecule has 232 valence electrons. The maximum absolute atomic E-state index is 14.3. The monoisotopic (exact) mass is 698 g/mol. The van der Waals surface area contributed by atoms with Crippen molar-refractivity contribution in [3.05, 3.63) is 49.3 Å². The molecule has 3 heterocycles. The average Bonchev–Trinajstić information content (AvgIpc) is 3.07. The summed E-state index contributed by atoms with van der Waals surface area (Å²) in [6.45, 7) is 0. The predicted octanol–water partition coefficient (Wildman–Crippen LogP) is 7.55. The van der Waals surface area contributed by atoms with Gasteiger partial charge in [-0.15, -0.1) is 69.7 Å². The van der Waals surface area contributed by atoms with E-state index < -0.39 is 0 Å². The molecule has 0 spiro atoms. The van der Waals surface area contributed by atoms with Crippen molar-refractivity contribution in [3.63, 3.8) is 0 Å². The van der Waals surface area contributed by atoms with E-state index >= 15 is 0 Å². The summed E-state index contributed by atoms with van der Waals surface area (Å²) >= 11 is 10.2. The first kappa shape index (κ1) is 29.6. The molecule has 3 aliphatic heterocycles. The molecule has 4 nitrogen and oxygen atoms in total. The lowest BCUT2D eigenvalue weighted by Gasteiger charge is -2.45. The number of fused-ring (bicyclic) bond motifs is 10. The Morgan fingerprint density at radius 1 is 0.568 bits per heavy atom. The van der Waals surface area contributed by atoms with Crippen molar-refractivity contribution >= 4 is 69.7 Å². The highest BCUT2D eigenvalue weighted by molar-refractivity contribution is 8.02. The molecule has 9 aliphatic rings. The lowest BCUT2D eigenvalue weighted by atomic mass is 9.69. The molecule has 8 unspecified atom stereocenters. The third kappa shape index (κ3) is 4.46. The molecule has 0 aromatic carbocycles. The van der Waals surface area contributed by atoms with Gasteiger partial charge in [0.15, 0.2) is 0 Å². The standard InChI is InChI=1S/C34H38N2O2S6/c1-39-31-23(37)33-29(21-27(31)41-25-17-9-5-3-7-15(17)11-13-19(25)35-21)44-34-24(38)32(40-2)28-22(30(34)43-33)36-20-14-12-16-8-4-6-10-18(16)26(20)42-28/h15-20,25-26H,3-14H2,1-2H3. The normalized spacial score (nSPS) is 34.0. The van der Waals surface area contributed by atoms with E-state index in [1.54, 1.807) is 23.5 Å². The summed E-state index contributed by atoms with van der Waals surface area (Å²) in [5.41, 5.74) is 0.261. The molecular weight excluding hydrogens is 661 g/mol. The summed E-state index contributed by atoms with van der Waals surface area (Å²) in [6.07, 6.45) is 19.7. The Hall–Kier alpha value is -0.520. The van der Waals surface area contributed by atoms with Crippen LogP contribution < -0.4 is 21.6 Å². The summed E-state index contributed by atoms with van der Waals surface area (Å²) in [4.78, 5) is 43.5. The predicted molar refractivity (Wildman–Crippen MR) is 187 cm³/mol. The van der Waals surface area contributed by atoms with Crippen LogP contribution in [-0.2, 0) is 0 Å². The molecular formula is C34H38N2O2S6. The third-order valence-corrected chi connectivity index (χ3v) is 19.3. The van der Waals surface area contributed by atoms with Gasteiger partial charge in [-0.1, -0.05) is 38.5 Å². The third-order valence-electron chi connectivity index (χ3n) is 11.6. The van der Waals surface area contributed by atoms with Crippen LogP contribution in [0.5, 0.6) is 0 Å². The van der Waals surface area contributed by atoms with Gasteiger partial charge in [-0.25, -0.2) is 0 Å². The van der Waals surface area contributed by atoms with Gasteiger partial charge in [0.05, 0.1) is 60.5 Å². The Bertz CT molecular complexity index is 1900. The average molecular weight is 699 g/mol. The molecule has 0 saturated heterocycles. The van der Waals surface area contributed by atoms with Gasteiger partial charge in [-0.05, 0) is 74.7 Å². The minimum absolute atomic E-state index is 0.130. The van der Waals surface area contributed by atoms with Crippen molar-refractivity contribution in [2.24, 2.45) is 33.7 Å². The zero-order valence-electron chi connectivity index (χ0n) is 25.3. The van der Waals surface area contributed by atoms with Crippen LogP contribution in [0.15, 0.2) is 39.2 Å². The first-order valence-electron chi connectivity index (χ1n) is 16.6. The second kappa shape index (κ2) is 11.6. The zero-order chi connectivity index (χ0) is 29.7.